The molecule has 0 unspecified atom stereocenters. The standard InChI is InChI=1S/C31H34N4O4/c1-3-4-9-28-33-29-21(2)18-24(32-31(38)34-14-16-39-17-15-34)19-27(29)35(28)20-22-10-12-23(13-11-22)25-7-5-6-8-26(25)30(36)37/h5-8,10-13,18-19H,3-4,9,14-17,20H2,1-2H3,(H,32,38)(H,36,37). The first-order valence-electron chi connectivity index (χ1n) is 13.5. The van der Waals surface area contributed by atoms with Crippen molar-refractivity contribution in [3.8, 4) is 11.1 Å². The molecule has 4 aromatic rings. The zero-order valence-corrected chi connectivity index (χ0v) is 22.4. The number of rotatable bonds is 8. The number of carboxylic acid groups (broad SMARTS) is 1. The number of hydrogen-bond acceptors (Lipinski definition) is 4. The first-order valence-corrected chi connectivity index (χ1v) is 13.5. The molecule has 1 aromatic heterocycles. The monoisotopic (exact) mass is 526 g/mol. The van der Waals surface area contributed by atoms with E-state index < -0.39 is 5.97 Å². The lowest BCUT2D eigenvalue weighted by Gasteiger charge is -2.27. The molecule has 39 heavy (non-hydrogen) atoms. The summed E-state index contributed by atoms with van der Waals surface area (Å²) in [7, 11) is 0. The van der Waals surface area contributed by atoms with Crippen molar-refractivity contribution in [2.75, 3.05) is 31.6 Å². The van der Waals surface area contributed by atoms with Crippen molar-refractivity contribution in [1.29, 1.82) is 0 Å². The summed E-state index contributed by atoms with van der Waals surface area (Å²) in [6.45, 7) is 7.10. The molecule has 1 aliphatic heterocycles. The fraction of sp³-hybridized carbons (Fsp3) is 0.323. The summed E-state index contributed by atoms with van der Waals surface area (Å²) in [5, 5.41) is 12.7. The molecule has 0 saturated carbocycles. The summed E-state index contributed by atoms with van der Waals surface area (Å²) >= 11 is 0. The number of benzene rings is 3. The highest BCUT2D eigenvalue weighted by molar-refractivity contribution is 5.96. The largest absolute Gasteiger partial charge is 0.478 e. The highest BCUT2D eigenvalue weighted by Gasteiger charge is 2.19. The molecule has 0 aliphatic carbocycles. The van der Waals surface area contributed by atoms with Gasteiger partial charge in [-0.25, -0.2) is 14.6 Å². The Hall–Kier alpha value is -4.17. The van der Waals surface area contributed by atoms with Gasteiger partial charge in [0.15, 0.2) is 0 Å². The molecule has 3 aromatic carbocycles. The molecule has 0 radical (unpaired) electrons. The van der Waals surface area contributed by atoms with E-state index in [-0.39, 0.29) is 11.6 Å². The minimum absolute atomic E-state index is 0.119. The number of nitrogens with one attached hydrogen (secondary N) is 1. The Labute approximate surface area is 228 Å². The van der Waals surface area contributed by atoms with E-state index in [9.17, 15) is 14.7 Å². The van der Waals surface area contributed by atoms with Crippen LogP contribution < -0.4 is 5.32 Å². The fourth-order valence-electron chi connectivity index (χ4n) is 5.08. The topological polar surface area (TPSA) is 96.7 Å². The van der Waals surface area contributed by atoms with E-state index in [0.717, 1.165) is 58.5 Å². The van der Waals surface area contributed by atoms with Crippen LogP contribution in [0, 0.1) is 6.92 Å². The van der Waals surface area contributed by atoms with Gasteiger partial charge >= 0.3 is 12.0 Å². The number of aromatic carboxylic acids is 1. The number of fused-ring (bicyclic) bond motifs is 1. The third-order valence-corrected chi connectivity index (χ3v) is 7.19. The number of carbonyl (C=O) groups excluding carboxylic acids is 1. The third kappa shape index (κ3) is 5.81. The van der Waals surface area contributed by atoms with Crippen LogP contribution in [0.3, 0.4) is 0 Å². The minimum atomic E-state index is -0.938. The lowest BCUT2D eigenvalue weighted by Crippen LogP contribution is -2.43. The lowest BCUT2D eigenvalue weighted by molar-refractivity contribution is 0.0564. The molecule has 2 amide bonds. The molecule has 2 N–H and O–H groups in total. The van der Waals surface area contributed by atoms with E-state index in [0.29, 0.717) is 38.4 Å². The van der Waals surface area contributed by atoms with Gasteiger partial charge in [-0.15, -0.1) is 0 Å². The number of carbonyl (C=O) groups is 2. The summed E-state index contributed by atoms with van der Waals surface area (Å²) in [5.41, 5.74) is 6.63. The van der Waals surface area contributed by atoms with Crippen LogP contribution in [0.25, 0.3) is 22.2 Å². The van der Waals surface area contributed by atoms with Crippen molar-refractivity contribution in [3.05, 3.63) is 83.2 Å². The Kier molecular flexibility index (Phi) is 7.93. The zero-order chi connectivity index (χ0) is 27.4. The molecule has 8 heteroatoms. The van der Waals surface area contributed by atoms with Crippen LogP contribution in [0.4, 0.5) is 10.5 Å². The Morgan fingerprint density at radius 1 is 1.05 bits per heavy atom. The van der Waals surface area contributed by atoms with Gasteiger partial charge in [0.25, 0.3) is 0 Å². The van der Waals surface area contributed by atoms with Crippen molar-refractivity contribution < 1.29 is 19.4 Å². The number of hydrogen-bond donors (Lipinski definition) is 2. The van der Waals surface area contributed by atoms with E-state index >= 15 is 0 Å². The number of imidazole rings is 1. The summed E-state index contributed by atoms with van der Waals surface area (Å²) in [6, 6.07) is 19.0. The summed E-state index contributed by atoms with van der Waals surface area (Å²) < 4.78 is 7.61. The normalized spacial score (nSPS) is 13.5. The van der Waals surface area contributed by atoms with Gasteiger partial charge in [-0.2, -0.15) is 0 Å². The van der Waals surface area contributed by atoms with Crippen LogP contribution in [0.5, 0.6) is 0 Å². The Morgan fingerprint density at radius 3 is 2.51 bits per heavy atom. The number of nitrogens with zero attached hydrogens (tertiary/aromatic N) is 3. The van der Waals surface area contributed by atoms with Crippen LogP contribution in [0.2, 0.25) is 0 Å². The fourth-order valence-corrected chi connectivity index (χ4v) is 5.08. The third-order valence-electron chi connectivity index (χ3n) is 7.19. The quantitative estimate of drug-likeness (QED) is 0.295. The van der Waals surface area contributed by atoms with Crippen LogP contribution in [-0.4, -0.2) is 57.9 Å². The molecule has 0 atom stereocenters. The van der Waals surface area contributed by atoms with Gasteiger partial charge < -0.3 is 24.6 Å². The van der Waals surface area contributed by atoms with Crippen molar-refractivity contribution in [1.82, 2.24) is 14.5 Å². The van der Waals surface area contributed by atoms with Gasteiger partial charge in [0.2, 0.25) is 0 Å². The molecular formula is C31H34N4O4. The zero-order valence-electron chi connectivity index (χ0n) is 22.4. The number of ether oxygens (including phenoxy) is 1. The van der Waals surface area contributed by atoms with Gasteiger partial charge in [-0.1, -0.05) is 55.8 Å². The molecule has 1 aliphatic rings. The number of morpholine rings is 1. The summed E-state index contributed by atoms with van der Waals surface area (Å²) in [4.78, 5) is 31.3. The molecule has 0 spiro atoms. The molecule has 0 bridgehead atoms. The second-order valence-corrected chi connectivity index (χ2v) is 9.96. The molecule has 5 rings (SSSR count). The molecule has 1 fully saturated rings. The van der Waals surface area contributed by atoms with Gasteiger partial charge in [-0.3, -0.25) is 0 Å². The average molecular weight is 527 g/mol. The molecule has 1 saturated heterocycles. The first kappa shape index (κ1) is 26.4. The van der Waals surface area contributed by atoms with Gasteiger partial charge in [0.05, 0.1) is 29.8 Å². The number of aromatic nitrogens is 2. The van der Waals surface area contributed by atoms with Crippen molar-refractivity contribution >= 4 is 28.7 Å². The Bertz CT molecular complexity index is 1490. The van der Waals surface area contributed by atoms with Gasteiger partial charge in [0, 0.05) is 31.7 Å². The minimum Gasteiger partial charge on any atom is -0.478 e. The van der Waals surface area contributed by atoms with Crippen LogP contribution >= 0.6 is 0 Å². The van der Waals surface area contributed by atoms with Crippen LogP contribution in [-0.2, 0) is 17.7 Å². The predicted octanol–water partition coefficient (Wildman–Crippen LogP) is 5.96. The van der Waals surface area contributed by atoms with Gasteiger partial charge in [-0.05, 0) is 53.8 Å². The van der Waals surface area contributed by atoms with Crippen molar-refractivity contribution in [2.24, 2.45) is 0 Å². The summed E-state index contributed by atoms with van der Waals surface area (Å²) in [5.74, 6) is 0.0823. The second-order valence-electron chi connectivity index (χ2n) is 9.96. The number of unbranched alkanes of at least 4 members (excludes halogenated alkanes) is 1. The lowest BCUT2D eigenvalue weighted by atomic mass is 9.99. The molecule has 2 heterocycles. The molecule has 8 nitrogen and oxygen atoms in total. The van der Waals surface area contributed by atoms with E-state index in [1.807, 2.05) is 55.5 Å². The average Bonchev–Trinajstić information content (AvgIpc) is 3.30. The number of carboxylic acids is 1. The first-order chi connectivity index (χ1) is 18.9. The number of aryl methyl sites for hydroxylation is 2. The SMILES string of the molecule is CCCCc1nc2c(C)cc(NC(=O)N3CCOCC3)cc2n1Cc1ccc(-c2ccccc2C(=O)O)cc1. The Morgan fingerprint density at radius 2 is 1.79 bits per heavy atom. The number of amides is 2. The number of urea groups is 1. The van der Waals surface area contributed by atoms with E-state index in [1.165, 1.54) is 0 Å². The van der Waals surface area contributed by atoms with Crippen LogP contribution in [0.1, 0.15) is 47.1 Å². The molecule has 202 valence electrons. The number of anilines is 1. The molecular weight excluding hydrogens is 492 g/mol. The van der Waals surface area contributed by atoms with E-state index in [1.54, 1.807) is 17.0 Å². The highest BCUT2D eigenvalue weighted by Crippen LogP contribution is 2.28. The Balaban J connectivity index is 1.46. The van der Waals surface area contributed by atoms with E-state index in [4.69, 9.17) is 9.72 Å². The summed E-state index contributed by atoms with van der Waals surface area (Å²) in [6.07, 6.45) is 2.97. The maximum absolute atomic E-state index is 12.9. The van der Waals surface area contributed by atoms with Crippen molar-refractivity contribution in [3.63, 3.8) is 0 Å². The van der Waals surface area contributed by atoms with E-state index in [2.05, 4.69) is 16.8 Å². The van der Waals surface area contributed by atoms with Crippen LogP contribution in [0.15, 0.2) is 60.7 Å². The maximum Gasteiger partial charge on any atom is 0.336 e. The predicted molar refractivity (Wildman–Crippen MR) is 152 cm³/mol. The van der Waals surface area contributed by atoms with Crippen molar-refractivity contribution in [2.45, 2.75) is 39.7 Å². The maximum atomic E-state index is 12.9. The highest BCUT2D eigenvalue weighted by atomic mass is 16.5. The smallest absolute Gasteiger partial charge is 0.336 e. The van der Waals surface area contributed by atoms with Gasteiger partial charge in [0.1, 0.15) is 5.82 Å². The second kappa shape index (κ2) is 11.7.